The third-order valence-corrected chi connectivity index (χ3v) is 2.28. The molecule has 0 aliphatic carbocycles. The van der Waals surface area contributed by atoms with Crippen molar-refractivity contribution in [1.29, 1.82) is 0 Å². The minimum Gasteiger partial charge on any atom is -0.377 e. The maximum absolute atomic E-state index is 11.6. The number of aromatic nitrogens is 2. The number of rotatable bonds is 4. The van der Waals surface area contributed by atoms with Crippen LogP contribution in [0.25, 0.3) is 0 Å². The third-order valence-electron chi connectivity index (χ3n) is 2.08. The molecule has 6 heteroatoms. The average Bonchev–Trinajstić information content (AvgIpc) is 2.27. The van der Waals surface area contributed by atoms with Crippen LogP contribution < -0.4 is 5.32 Å². The summed E-state index contributed by atoms with van der Waals surface area (Å²) >= 11 is 5.56. The van der Waals surface area contributed by atoms with E-state index in [1.807, 2.05) is 13.8 Å². The molecule has 0 spiro atoms. The SMILES string of the molecule is COC(C)(C)CNC(=O)c1cnc(Cl)cn1. The van der Waals surface area contributed by atoms with Crippen LogP contribution in [0.3, 0.4) is 0 Å². The van der Waals surface area contributed by atoms with Gasteiger partial charge in [0.15, 0.2) is 0 Å². The monoisotopic (exact) mass is 243 g/mol. The van der Waals surface area contributed by atoms with Gasteiger partial charge < -0.3 is 10.1 Å². The smallest absolute Gasteiger partial charge is 0.271 e. The number of methoxy groups -OCH3 is 1. The summed E-state index contributed by atoms with van der Waals surface area (Å²) in [6.07, 6.45) is 2.66. The van der Waals surface area contributed by atoms with E-state index in [-0.39, 0.29) is 16.8 Å². The largest absolute Gasteiger partial charge is 0.377 e. The molecule has 0 aromatic carbocycles. The van der Waals surface area contributed by atoms with E-state index in [0.717, 1.165) is 0 Å². The first-order valence-corrected chi connectivity index (χ1v) is 5.13. The minimum absolute atomic E-state index is 0.233. The Morgan fingerprint density at radius 3 is 2.69 bits per heavy atom. The van der Waals surface area contributed by atoms with Gasteiger partial charge in [-0.25, -0.2) is 9.97 Å². The molecule has 0 bridgehead atoms. The fourth-order valence-corrected chi connectivity index (χ4v) is 0.983. The topological polar surface area (TPSA) is 64.1 Å². The quantitative estimate of drug-likeness (QED) is 0.866. The van der Waals surface area contributed by atoms with Crippen LogP contribution in [-0.2, 0) is 4.74 Å². The molecule has 0 atom stereocenters. The Balaban J connectivity index is 2.56. The Kier molecular flexibility index (Phi) is 4.20. The molecule has 1 amide bonds. The Morgan fingerprint density at radius 2 is 2.19 bits per heavy atom. The highest BCUT2D eigenvalue weighted by Gasteiger charge is 2.18. The van der Waals surface area contributed by atoms with Gasteiger partial charge in [-0.2, -0.15) is 0 Å². The Bertz CT molecular complexity index is 365. The number of hydrogen-bond acceptors (Lipinski definition) is 4. The van der Waals surface area contributed by atoms with Crippen LogP contribution in [0.5, 0.6) is 0 Å². The van der Waals surface area contributed by atoms with Crippen LogP contribution >= 0.6 is 11.6 Å². The lowest BCUT2D eigenvalue weighted by Crippen LogP contribution is -2.40. The van der Waals surface area contributed by atoms with Gasteiger partial charge in [-0.05, 0) is 13.8 Å². The average molecular weight is 244 g/mol. The number of halogens is 1. The van der Waals surface area contributed by atoms with Gasteiger partial charge in [-0.1, -0.05) is 11.6 Å². The summed E-state index contributed by atoms with van der Waals surface area (Å²) in [5, 5.41) is 2.96. The van der Waals surface area contributed by atoms with Crippen molar-refractivity contribution in [2.45, 2.75) is 19.4 Å². The van der Waals surface area contributed by atoms with E-state index in [0.29, 0.717) is 6.54 Å². The van der Waals surface area contributed by atoms with Gasteiger partial charge in [-0.15, -0.1) is 0 Å². The van der Waals surface area contributed by atoms with Crippen molar-refractivity contribution in [3.05, 3.63) is 23.2 Å². The molecule has 0 aliphatic heterocycles. The number of nitrogens with one attached hydrogen (secondary N) is 1. The normalized spacial score (nSPS) is 11.2. The highest BCUT2D eigenvalue weighted by atomic mass is 35.5. The predicted octanol–water partition coefficient (Wildman–Crippen LogP) is 1.28. The lowest BCUT2D eigenvalue weighted by Gasteiger charge is -2.22. The first-order valence-electron chi connectivity index (χ1n) is 4.75. The highest BCUT2D eigenvalue weighted by Crippen LogP contribution is 2.06. The van der Waals surface area contributed by atoms with Crippen molar-refractivity contribution >= 4 is 17.5 Å². The van der Waals surface area contributed by atoms with Crippen LogP contribution in [0.15, 0.2) is 12.4 Å². The molecule has 16 heavy (non-hydrogen) atoms. The minimum atomic E-state index is -0.407. The van der Waals surface area contributed by atoms with Gasteiger partial charge in [-0.3, -0.25) is 4.79 Å². The number of hydrogen-bond donors (Lipinski definition) is 1. The molecule has 0 saturated heterocycles. The first kappa shape index (κ1) is 12.9. The second-order valence-corrected chi connectivity index (χ2v) is 4.26. The van der Waals surface area contributed by atoms with E-state index in [9.17, 15) is 4.79 Å². The standard InChI is InChI=1S/C10H14ClN3O2/c1-10(2,16-3)6-14-9(15)7-4-13-8(11)5-12-7/h4-5H,6H2,1-3H3,(H,14,15). The lowest BCUT2D eigenvalue weighted by molar-refractivity contribution is 0.0228. The predicted molar refractivity (Wildman–Crippen MR) is 60.5 cm³/mol. The molecule has 1 aromatic heterocycles. The summed E-state index contributed by atoms with van der Waals surface area (Å²) in [7, 11) is 1.59. The van der Waals surface area contributed by atoms with Crippen LogP contribution in [0, 0.1) is 0 Å². The molecule has 1 N–H and O–H groups in total. The van der Waals surface area contributed by atoms with Gasteiger partial charge >= 0.3 is 0 Å². The van der Waals surface area contributed by atoms with E-state index in [1.54, 1.807) is 7.11 Å². The second kappa shape index (κ2) is 5.23. The molecule has 5 nitrogen and oxygen atoms in total. The first-order chi connectivity index (χ1) is 7.44. The summed E-state index contributed by atoms with van der Waals surface area (Å²) in [6.45, 7) is 4.15. The number of carbonyl (C=O) groups excluding carboxylic acids is 1. The van der Waals surface area contributed by atoms with Crippen molar-refractivity contribution in [2.75, 3.05) is 13.7 Å². The molecule has 1 heterocycles. The van der Waals surface area contributed by atoms with Gasteiger partial charge in [0.1, 0.15) is 10.8 Å². The van der Waals surface area contributed by atoms with Crippen molar-refractivity contribution in [1.82, 2.24) is 15.3 Å². The zero-order valence-electron chi connectivity index (χ0n) is 9.45. The van der Waals surface area contributed by atoms with E-state index >= 15 is 0 Å². The van der Waals surface area contributed by atoms with Crippen LogP contribution in [0.4, 0.5) is 0 Å². The molecule has 0 radical (unpaired) electrons. The summed E-state index contributed by atoms with van der Waals surface area (Å²) < 4.78 is 5.17. The number of ether oxygens (including phenoxy) is 1. The van der Waals surface area contributed by atoms with Gasteiger partial charge in [0, 0.05) is 13.7 Å². The van der Waals surface area contributed by atoms with Gasteiger partial charge in [0.2, 0.25) is 0 Å². The molecule has 0 unspecified atom stereocenters. The number of carbonyl (C=O) groups is 1. The summed E-state index contributed by atoms with van der Waals surface area (Å²) in [4.78, 5) is 19.2. The van der Waals surface area contributed by atoms with Crippen molar-refractivity contribution < 1.29 is 9.53 Å². The van der Waals surface area contributed by atoms with Gasteiger partial charge in [0.05, 0.1) is 18.0 Å². The lowest BCUT2D eigenvalue weighted by atomic mass is 10.1. The fourth-order valence-electron chi connectivity index (χ4n) is 0.885. The molecular weight excluding hydrogens is 230 g/mol. The molecule has 0 saturated carbocycles. The summed E-state index contributed by atoms with van der Waals surface area (Å²) in [6, 6.07) is 0. The highest BCUT2D eigenvalue weighted by molar-refractivity contribution is 6.29. The Labute approximate surface area is 99.2 Å². The molecule has 1 aromatic rings. The van der Waals surface area contributed by atoms with Crippen molar-refractivity contribution in [2.24, 2.45) is 0 Å². The molecule has 0 aliphatic rings. The summed E-state index contributed by atoms with van der Waals surface area (Å²) in [5.41, 5.74) is -0.175. The zero-order valence-corrected chi connectivity index (χ0v) is 10.2. The van der Waals surface area contributed by atoms with E-state index in [1.165, 1.54) is 12.4 Å². The maximum atomic E-state index is 11.6. The third kappa shape index (κ3) is 3.75. The maximum Gasteiger partial charge on any atom is 0.271 e. The summed E-state index contributed by atoms with van der Waals surface area (Å²) in [5.74, 6) is -0.297. The molecular formula is C10H14ClN3O2. The van der Waals surface area contributed by atoms with Crippen LogP contribution in [0.1, 0.15) is 24.3 Å². The Morgan fingerprint density at radius 1 is 1.50 bits per heavy atom. The molecule has 88 valence electrons. The Hall–Kier alpha value is -1.20. The van der Waals surface area contributed by atoms with Gasteiger partial charge in [0.25, 0.3) is 5.91 Å². The molecule has 1 rings (SSSR count). The second-order valence-electron chi connectivity index (χ2n) is 3.87. The van der Waals surface area contributed by atoms with Crippen LogP contribution in [0.2, 0.25) is 5.15 Å². The van der Waals surface area contributed by atoms with Crippen molar-refractivity contribution in [3.63, 3.8) is 0 Å². The van der Waals surface area contributed by atoms with Crippen molar-refractivity contribution in [3.8, 4) is 0 Å². The van der Waals surface area contributed by atoms with E-state index in [4.69, 9.17) is 16.3 Å². The number of amides is 1. The fraction of sp³-hybridized carbons (Fsp3) is 0.500. The zero-order chi connectivity index (χ0) is 12.2. The number of nitrogens with zero attached hydrogens (tertiary/aromatic N) is 2. The van der Waals surface area contributed by atoms with E-state index in [2.05, 4.69) is 15.3 Å². The van der Waals surface area contributed by atoms with Crippen LogP contribution in [-0.4, -0.2) is 35.1 Å². The van der Waals surface area contributed by atoms with E-state index < -0.39 is 5.60 Å². The molecule has 0 fully saturated rings.